The molecule has 8 nitrogen and oxygen atoms in total. The van der Waals surface area contributed by atoms with Crippen LogP contribution in [0.15, 0.2) is 77.7 Å². The predicted molar refractivity (Wildman–Crippen MR) is 132 cm³/mol. The van der Waals surface area contributed by atoms with Gasteiger partial charge >= 0.3 is 0 Å². The lowest BCUT2D eigenvalue weighted by molar-refractivity contribution is -0.114. The van der Waals surface area contributed by atoms with Crippen molar-refractivity contribution in [3.05, 3.63) is 72.8 Å². The minimum absolute atomic E-state index is 0.0240. The van der Waals surface area contributed by atoms with E-state index in [9.17, 15) is 13.2 Å². The van der Waals surface area contributed by atoms with Crippen molar-refractivity contribution < 1.29 is 22.7 Å². The molecule has 2 N–H and O–H groups in total. The van der Waals surface area contributed by atoms with Gasteiger partial charge in [0.15, 0.2) is 0 Å². The van der Waals surface area contributed by atoms with E-state index in [1.165, 1.54) is 17.5 Å². The van der Waals surface area contributed by atoms with Gasteiger partial charge in [0.1, 0.15) is 10.6 Å². The van der Waals surface area contributed by atoms with Crippen molar-refractivity contribution in [1.29, 1.82) is 0 Å². The van der Waals surface area contributed by atoms with Gasteiger partial charge in [0.05, 0.1) is 26.9 Å². The summed E-state index contributed by atoms with van der Waals surface area (Å²) in [5, 5.41) is 5.84. The first-order chi connectivity index (χ1) is 16.5. The summed E-state index contributed by atoms with van der Waals surface area (Å²) < 4.78 is 38.1. The summed E-state index contributed by atoms with van der Waals surface area (Å²) in [7, 11) is -2.33. The van der Waals surface area contributed by atoms with E-state index in [2.05, 4.69) is 10.6 Å². The monoisotopic (exact) mass is 481 g/mol. The molecule has 0 aromatic heterocycles. The molecule has 0 spiro atoms. The zero-order chi connectivity index (χ0) is 24.0. The molecule has 34 heavy (non-hydrogen) atoms. The smallest absolute Gasteiger partial charge is 0.246 e. The molecule has 0 unspecified atom stereocenters. The van der Waals surface area contributed by atoms with Crippen molar-refractivity contribution in [2.75, 3.05) is 50.6 Å². The Hall–Kier alpha value is -3.40. The van der Waals surface area contributed by atoms with Crippen molar-refractivity contribution in [1.82, 2.24) is 4.31 Å². The molecule has 1 aliphatic heterocycles. The van der Waals surface area contributed by atoms with Gasteiger partial charge in [0, 0.05) is 24.5 Å². The van der Waals surface area contributed by atoms with E-state index >= 15 is 0 Å². The number of carbonyl (C=O) groups excluding carboxylic acids is 1. The Morgan fingerprint density at radius 1 is 0.941 bits per heavy atom. The number of hydrogen-bond donors (Lipinski definition) is 2. The van der Waals surface area contributed by atoms with Crippen LogP contribution in [0.5, 0.6) is 5.75 Å². The fourth-order valence-corrected chi connectivity index (χ4v) is 5.27. The number of ether oxygens (including phenoxy) is 2. The van der Waals surface area contributed by atoms with Gasteiger partial charge in [-0.3, -0.25) is 4.79 Å². The normalized spacial score (nSPS) is 14.4. The fourth-order valence-electron chi connectivity index (χ4n) is 3.68. The third-order valence-corrected chi connectivity index (χ3v) is 7.40. The average molecular weight is 482 g/mol. The summed E-state index contributed by atoms with van der Waals surface area (Å²) in [6.07, 6.45) is 0. The van der Waals surface area contributed by atoms with Crippen LogP contribution >= 0.6 is 0 Å². The molecule has 0 bridgehead atoms. The van der Waals surface area contributed by atoms with Crippen LogP contribution in [-0.4, -0.2) is 58.6 Å². The Morgan fingerprint density at radius 3 is 2.26 bits per heavy atom. The largest absolute Gasteiger partial charge is 0.495 e. The first-order valence-corrected chi connectivity index (χ1v) is 12.4. The van der Waals surface area contributed by atoms with Crippen molar-refractivity contribution in [3.63, 3.8) is 0 Å². The summed E-state index contributed by atoms with van der Waals surface area (Å²) in [6.45, 7) is 1.25. The van der Waals surface area contributed by atoms with Gasteiger partial charge < -0.3 is 20.1 Å². The number of hydrogen-bond acceptors (Lipinski definition) is 6. The van der Waals surface area contributed by atoms with E-state index in [1.54, 1.807) is 12.1 Å². The van der Waals surface area contributed by atoms with Gasteiger partial charge in [-0.25, -0.2) is 8.42 Å². The van der Waals surface area contributed by atoms with Crippen LogP contribution in [0, 0.1) is 0 Å². The van der Waals surface area contributed by atoms with Gasteiger partial charge in [-0.15, -0.1) is 0 Å². The molecule has 0 radical (unpaired) electrons. The first kappa shape index (κ1) is 23.7. The highest BCUT2D eigenvalue weighted by Gasteiger charge is 2.29. The number of benzene rings is 3. The Bertz CT molecular complexity index is 1230. The van der Waals surface area contributed by atoms with Crippen molar-refractivity contribution in [3.8, 4) is 16.9 Å². The molecule has 0 saturated carbocycles. The van der Waals surface area contributed by atoms with Gasteiger partial charge in [-0.1, -0.05) is 42.5 Å². The topological polar surface area (TPSA) is 97.0 Å². The highest BCUT2D eigenvalue weighted by atomic mass is 32.2. The molecule has 0 aliphatic carbocycles. The zero-order valence-corrected chi connectivity index (χ0v) is 19.7. The number of sulfonamides is 1. The van der Waals surface area contributed by atoms with Crippen LogP contribution < -0.4 is 15.4 Å². The summed E-state index contributed by atoms with van der Waals surface area (Å²) in [5.41, 5.74) is 3.34. The van der Waals surface area contributed by atoms with Crippen LogP contribution in [0.2, 0.25) is 0 Å². The SMILES string of the molecule is COc1ccc(NCC(=O)Nc2ccc(-c3ccccc3)cc2)cc1S(=O)(=O)N1CCOCC1. The molecule has 1 saturated heterocycles. The lowest BCUT2D eigenvalue weighted by Gasteiger charge is -2.26. The summed E-state index contributed by atoms with van der Waals surface area (Å²) in [6, 6.07) is 22.3. The molecule has 4 rings (SSSR count). The molecule has 3 aromatic rings. The van der Waals surface area contributed by atoms with Gasteiger partial charge in [0.2, 0.25) is 15.9 Å². The lowest BCUT2D eigenvalue weighted by Crippen LogP contribution is -2.40. The molecule has 1 heterocycles. The van der Waals surface area contributed by atoms with Crippen molar-refractivity contribution in [2.24, 2.45) is 0 Å². The third-order valence-electron chi connectivity index (χ3n) is 5.48. The highest BCUT2D eigenvalue weighted by Crippen LogP contribution is 2.30. The Morgan fingerprint density at radius 2 is 1.59 bits per heavy atom. The molecule has 178 valence electrons. The second kappa shape index (κ2) is 10.7. The Kier molecular flexibility index (Phi) is 7.46. The Labute approximate surface area is 199 Å². The maximum Gasteiger partial charge on any atom is 0.246 e. The summed E-state index contributed by atoms with van der Waals surface area (Å²) in [5.74, 6) is 0.000801. The van der Waals surface area contributed by atoms with Gasteiger partial charge in [0.25, 0.3) is 0 Å². The van der Waals surface area contributed by atoms with E-state index < -0.39 is 10.0 Å². The van der Waals surface area contributed by atoms with Crippen molar-refractivity contribution in [2.45, 2.75) is 4.90 Å². The number of anilines is 2. The van der Waals surface area contributed by atoms with E-state index in [-0.39, 0.29) is 36.2 Å². The molecule has 9 heteroatoms. The van der Waals surface area contributed by atoms with Crippen LogP contribution in [-0.2, 0) is 19.6 Å². The van der Waals surface area contributed by atoms with E-state index in [0.717, 1.165) is 11.1 Å². The number of carbonyl (C=O) groups is 1. The Balaban J connectivity index is 1.40. The van der Waals surface area contributed by atoms with Crippen LogP contribution in [0.25, 0.3) is 11.1 Å². The standard InChI is InChI=1S/C25H27N3O5S/c1-32-23-12-11-22(17-24(23)34(30,31)28-13-15-33-16-14-28)26-18-25(29)27-21-9-7-20(8-10-21)19-5-3-2-4-6-19/h2-12,17,26H,13-16,18H2,1H3,(H,27,29). The number of methoxy groups -OCH3 is 1. The zero-order valence-electron chi connectivity index (χ0n) is 18.9. The van der Waals surface area contributed by atoms with E-state index in [4.69, 9.17) is 9.47 Å². The second-order valence-electron chi connectivity index (χ2n) is 7.73. The quantitative estimate of drug-likeness (QED) is 0.512. The third kappa shape index (κ3) is 5.56. The van der Waals surface area contributed by atoms with Crippen molar-refractivity contribution >= 4 is 27.3 Å². The maximum atomic E-state index is 13.1. The average Bonchev–Trinajstić information content (AvgIpc) is 2.89. The molecule has 0 atom stereocenters. The molecular weight excluding hydrogens is 454 g/mol. The van der Waals surface area contributed by atoms with Crippen LogP contribution in [0.1, 0.15) is 0 Å². The molecule has 1 amide bonds. The molecular formula is C25H27N3O5S. The number of morpholine rings is 1. The minimum Gasteiger partial charge on any atom is -0.495 e. The first-order valence-electron chi connectivity index (χ1n) is 10.9. The van der Waals surface area contributed by atoms with E-state index in [1.807, 2.05) is 54.6 Å². The van der Waals surface area contributed by atoms with E-state index in [0.29, 0.717) is 24.6 Å². The number of nitrogens with zero attached hydrogens (tertiary/aromatic N) is 1. The summed E-state index contributed by atoms with van der Waals surface area (Å²) >= 11 is 0. The highest BCUT2D eigenvalue weighted by molar-refractivity contribution is 7.89. The molecule has 1 fully saturated rings. The number of nitrogens with one attached hydrogen (secondary N) is 2. The van der Waals surface area contributed by atoms with Gasteiger partial charge in [-0.2, -0.15) is 4.31 Å². The lowest BCUT2D eigenvalue weighted by atomic mass is 10.1. The van der Waals surface area contributed by atoms with Crippen LogP contribution in [0.3, 0.4) is 0 Å². The summed E-state index contributed by atoms with van der Waals surface area (Å²) in [4.78, 5) is 12.5. The maximum absolute atomic E-state index is 13.1. The minimum atomic E-state index is -3.75. The molecule has 1 aliphatic rings. The molecule has 3 aromatic carbocycles. The van der Waals surface area contributed by atoms with Gasteiger partial charge in [-0.05, 0) is 41.5 Å². The number of rotatable bonds is 8. The fraction of sp³-hybridized carbons (Fsp3) is 0.240. The number of amides is 1. The second-order valence-corrected chi connectivity index (χ2v) is 9.63. The van der Waals surface area contributed by atoms with Crippen LogP contribution in [0.4, 0.5) is 11.4 Å². The predicted octanol–water partition coefficient (Wildman–Crippen LogP) is 3.43.